The summed E-state index contributed by atoms with van der Waals surface area (Å²) in [7, 11) is 1.41. The van der Waals surface area contributed by atoms with E-state index in [1.807, 2.05) is 0 Å². The van der Waals surface area contributed by atoms with Crippen molar-refractivity contribution in [2.45, 2.75) is 0 Å². The van der Waals surface area contributed by atoms with Gasteiger partial charge in [-0.25, -0.2) is 5.43 Å². The molecule has 2 aromatic carbocycles. The Morgan fingerprint density at radius 3 is 2.48 bits per heavy atom. The second kappa shape index (κ2) is 8.63. The Balaban J connectivity index is 1.97. The third kappa shape index (κ3) is 5.30. The zero-order valence-corrected chi connectivity index (χ0v) is 16.1. The summed E-state index contributed by atoms with van der Waals surface area (Å²) < 4.78 is 6.28. The van der Waals surface area contributed by atoms with Crippen LogP contribution in [0.3, 0.4) is 0 Å². The lowest BCUT2D eigenvalue weighted by atomic mass is 10.2. The SMILES string of the molecule is COc1cc(/C=N/NC(=O)C(=O)Nc2ccc(Br)cc2)cc(Br)c1O. The molecule has 0 aromatic heterocycles. The molecule has 0 aliphatic heterocycles. The maximum absolute atomic E-state index is 11.8. The van der Waals surface area contributed by atoms with Crippen LogP contribution in [0, 0.1) is 0 Å². The number of carbonyl (C=O) groups is 2. The molecule has 0 fully saturated rings. The lowest BCUT2D eigenvalue weighted by Gasteiger charge is -2.06. The van der Waals surface area contributed by atoms with Crippen molar-refractivity contribution in [3.63, 3.8) is 0 Å². The van der Waals surface area contributed by atoms with Crippen LogP contribution in [0.2, 0.25) is 0 Å². The number of hydrogen-bond donors (Lipinski definition) is 3. The number of carbonyl (C=O) groups excluding carboxylic acids is 2. The van der Waals surface area contributed by atoms with E-state index in [-0.39, 0.29) is 11.5 Å². The maximum atomic E-state index is 11.8. The minimum Gasteiger partial charge on any atom is -0.503 e. The summed E-state index contributed by atoms with van der Waals surface area (Å²) in [5.41, 5.74) is 3.16. The summed E-state index contributed by atoms with van der Waals surface area (Å²) in [5, 5.41) is 15.9. The van der Waals surface area contributed by atoms with E-state index in [9.17, 15) is 14.7 Å². The van der Waals surface area contributed by atoms with E-state index in [0.29, 0.717) is 15.7 Å². The summed E-state index contributed by atoms with van der Waals surface area (Å²) in [6, 6.07) is 9.88. The normalized spacial score (nSPS) is 10.5. The molecule has 25 heavy (non-hydrogen) atoms. The number of benzene rings is 2. The van der Waals surface area contributed by atoms with E-state index < -0.39 is 11.8 Å². The molecule has 0 aliphatic rings. The van der Waals surface area contributed by atoms with Crippen LogP contribution in [-0.2, 0) is 9.59 Å². The quantitative estimate of drug-likeness (QED) is 0.363. The summed E-state index contributed by atoms with van der Waals surface area (Å²) in [6.07, 6.45) is 1.32. The molecular formula is C16H13Br2N3O4. The molecule has 0 radical (unpaired) electrons. The molecule has 2 rings (SSSR count). The molecule has 0 heterocycles. The van der Waals surface area contributed by atoms with Gasteiger partial charge in [0.15, 0.2) is 11.5 Å². The van der Waals surface area contributed by atoms with Crippen molar-refractivity contribution < 1.29 is 19.4 Å². The van der Waals surface area contributed by atoms with E-state index >= 15 is 0 Å². The van der Waals surface area contributed by atoms with E-state index in [0.717, 1.165) is 4.47 Å². The van der Waals surface area contributed by atoms with Gasteiger partial charge in [0.1, 0.15) is 0 Å². The number of ether oxygens (including phenoxy) is 1. The van der Waals surface area contributed by atoms with Gasteiger partial charge in [-0.15, -0.1) is 0 Å². The van der Waals surface area contributed by atoms with Crippen LogP contribution in [0.4, 0.5) is 5.69 Å². The fourth-order valence-electron chi connectivity index (χ4n) is 1.76. The van der Waals surface area contributed by atoms with Crippen molar-refractivity contribution in [2.75, 3.05) is 12.4 Å². The number of phenolic OH excluding ortho intramolecular Hbond substituents is 1. The molecule has 0 bridgehead atoms. The number of amides is 2. The first-order valence-corrected chi connectivity index (χ1v) is 8.45. The number of nitrogens with one attached hydrogen (secondary N) is 2. The first kappa shape index (κ1) is 18.9. The summed E-state index contributed by atoms with van der Waals surface area (Å²) in [5.74, 6) is -1.55. The summed E-state index contributed by atoms with van der Waals surface area (Å²) in [6.45, 7) is 0. The molecule has 7 nitrogen and oxygen atoms in total. The Morgan fingerprint density at radius 1 is 1.16 bits per heavy atom. The van der Waals surface area contributed by atoms with E-state index in [1.165, 1.54) is 19.4 Å². The zero-order chi connectivity index (χ0) is 18.4. The second-order valence-corrected chi connectivity index (χ2v) is 6.48. The molecule has 9 heteroatoms. The van der Waals surface area contributed by atoms with Crippen LogP contribution in [0.25, 0.3) is 0 Å². The van der Waals surface area contributed by atoms with Crippen molar-refractivity contribution in [1.29, 1.82) is 0 Å². The highest BCUT2D eigenvalue weighted by Crippen LogP contribution is 2.34. The first-order chi connectivity index (χ1) is 11.9. The lowest BCUT2D eigenvalue weighted by molar-refractivity contribution is -0.136. The Morgan fingerprint density at radius 2 is 1.84 bits per heavy atom. The van der Waals surface area contributed by atoms with Crippen LogP contribution in [-0.4, -0.2) is 30.2 Å². The number of rotatable bonds is 4. The number of phenols is 1. The van der Waals surface area contributed by atoms with Crippen LogP contribution < -0.4 is 15.5 Å². The predicted octanol–water partition coefficient (Wildman–Crippen LogP) is 3.01. The van der Waals surface area contributed by atoms with Crippen LogP contribution >= 0.6 is 31.9 Å². The molecule has 0 aliphatic carbocycles. The van der Waals surface area contributed by atoms with Crippen molar-refractivity contribution >= 4 is 55.6 Å². The first-order valence-electron chi connectivity index (χ1n) is 6.87. The van der Waals surface area contributed by atoms with Crippen molar-refractivity contribution in [3.05, 3.63) is 50.9 Å². The predicted molar refractivity (Wildman–Crippen MR) is 101 cm³/mol. The number of anilines is 1. The molecular weight excluding hydrogens is 458 g/mol. The van der Waals surface area contributed by atoms with Gasteiger partial charge in [0.05, 0.1) is 17.8 Å². The third-order valence-electron chi connectivity index (χ3n) is 2.96. The summed E-state index contributed by atoms with van der Waals surface area (Å²) in [4.78, 5) is 23.5. The standard InChI is InChI=1S/C16H13Br2N3O4/c1-25-13-7-9(6-12(18)14(13)22)8-19-21-16(24)15(23)20-11-4-2-10(17)3-5-11/h2-8,22H,1H3,(H,20,23)(H,21,24)/b19-8+. The van der Waals surface area contributed by atoms with Gasteiger partial charge in [0, 0.05) is 10.2 Å². The fraction of sp³-hybridized carbons (Fsp3) is 0.0625. The Kier molecular flexibility index (Phi) is 6.54. The van der Waals surface area contributed by atoms with Crippen molar-refractivity contribution in [2.24, 2.45) is 5.10 Å². The van der Waals surface area contributed by atoms with Crippen molar-refractivity contribution in [1.82, 2.24) is 5.43 Å². The Labute approximate surface area is 160 Å². The average Bonchev–Trinajstić information content (AvgIpc) is 2.59. The van der Waals surface area contributed by atoms with Crippen LogP contribution in [0.5, 0.6) is 11.5 Å². The molecule has 0 saturated heterocycles. The van der Waals surface area contributed by atoms with Gasteiger partial charge in [-0.2, -0.15) is 5.10 Å². The zero-order valence-electron chi connectivity index (χ0n) is 12.9. The number of aromatic hydroxyl groups is 1. The highest BCUT2D eigenvalue weighted by Gasteiger charge is 2.13. The molecule has 0 spiro atoms. The molecule has 0 saturated carbocycles. The van der Waals surface area contributed by atoms with E-state index in [2.05, 4.69) is 47.7 Å². The monoisotopic (exact) mass is 469 g/mol. The highest BCUT2D eigenvalue weighted by atomic mass is 79.9. The van der Waals surface area contributed by atoms with Gasteiger partial charge in [0.2, 0.25) is 0 Å². The fourth-order valence-corrected chi connectivity index (χ4v) is 2.49. The van der Waals surface area contributed by atoms with Crippen molar-refractivity contribution in [3.8, 4) is 11.5 Å². The van der Waals surface area contributed by atoms with E-state index in [4.69, 9.17) is 4.74 Å². The number of halogens is 2. The smallest absolute Gasteiger partial charge is 0.329 e. The Bertz CT molecular complexity index is 823. The molecule has 130 valence electrons. The van der Waals surface area contributed by atoms with Gasteiger partial charge in [-0.05, 0) is 57.9 Å². The number of hydrogen-bond acceptors (Lipinski definition) is 5. The maximum Gasteiger partial charge on any atom is 0.329 e. The average molecular weight is 471 g/mol. The van der Waals surface area contributed by atoms with Gasteiger partial charge in [-0.3, -0.25) is 9.59 Å². The van der Waals surface area contributed by atoms with Crippen LogP contribution in [0.15, 0.2) is 50.4 Å². The minimum absolute atomic E-state index is 0.0439. The topological polar surface area (TPSA) is 100 Å². The molecule has 3 N–H and O–H groups in total. The molecule has 2 amide bonds. The highest BCUT2D eigenvalue weighted by molar-refractivity contribution is 9.10. The number of methoxy groups -OCH3 is 1. The third-order valence-corrected chi connectivity index (χ3v) is 4.09. The van der Waals surface area contributed by atoms with Gasteiger partial charge >= 0.3 is 11.8 Å². The molecule has 0 atom stereocenters. The lowest BCUT2D eigenvalue weighted by Crippen LogP contribution is -2.32. The molecule has 2 aromatic rings. The second-order valence-electron chi connectivity index (χ2n) is 4.71. The largest absolute Gasteiger partial charge is 0.503 e. The molecule has 0 unspecified atom stereocenters. The summed E-state index contributed by atoms with van der Waals surface area (Å²) >= 11 is 6.46. The van der Waals surface area contributed by atoms with Gasteiger partial charge in [0.25, 0.3) is 0 Å². The number of nitrogens with zero attached hydrogens (tertiary/aromatic N) is 1. The number of hydrazone groups is 1. The van der Waals surface area contributed by atoms with Gasteiger partial charge < -0.3 is 15.2 Å². The van der Waals surface area contributed by atoms with Crippen LogP contribution in [0.1, 0.15) is 5.56 Å². The Hall–Kier alpha value is -2.39. The van der Waals surface area contributed by atoms with E-state index in [1.54, 1.807) is 30.3 Å². The van der Waals surface area contributed by atoms with Gasteiger partial charge in [-0.1, -0.05) is 15.9 Å². The minimum atomic E-state index is -0.913.